The van der Waals surface area contributed by atoms with E-state index in [0.717, 1.165) is 137 Å². The molecule has 0 radical (unpaired) electrons. The second kappa shape index (κ2) is 38.4. The number of carbonyl (C=O) groups excluding carboxylic acids is 2. The molecule has 25 nitrogen and oxygen atoms in total. The summed E-state index contributed by atoms with van der Waals surface area (Å²) in [5.41, 5.74) is 7.98. The third kappa shape index (κ3) is 22.0. The van der Waals surface area contributed by atoms with Gasteiger partial charge >= 0.3 is 0 Å². The molecular weight excluding hydrogens is 1430 g/mol. The molecule has 3 aliphatic rings. The Morgan fingerprint density at radius 3 is 1.32 bits per heavy atom. The van der Waals surface area contributed by atoms with Crippen LogP contribution in [-0.4, -0.2) is 188 Å². The van der Waals surface area contributed by atoms with E-state index in [0.29, 0.717) is 83.6 Å². The highest BCUT2D eigenvalue weighted by Crippen LogP contribution is 2.30. The van der Waals surface area contributed by atoms with Gasteiger partial charge in [0.1, 0.15) is 42.1 Å². The molecule has 2 amide bonds. The predicted molar refractivity (Wildman–Crippen MR) is 439 cm³/mol. The monoisotopic (exact) mass is 1540 g/mol. The molecule has 0 saturated carbocycles. The zero-order chi connectivity index (χ0) is 76.5. The number of rotatable bonds is 28. The van der Waals surface area contributed by atoms with Gasteiger partial charge in [-0.3, -0.25) is 19.4 Å². The summed E-state index contributed by atoms with van der Waals surface area (Å²) < 4.78 is 55.2. The Hall–Kier alpha value is -9.25. The van der Waals surface area contributed by atoms with Gasteiger partial charge in [-0.25, -0.2) is 54.7 Å². The highest BCUT2D eigenvalue weighted by atomic mass is 35.5. The van der Waals surface area contributed by atoms with Crippen molar-refractivity contribution in [1.29, 1.82) is 0 Å². The number of aryl methyl sites for hydroxylation is 2. The Morgan fingerprint density at radius 1 is 0.495 bits per heavy atom. The standard InChI is InChI=1S/C35H47N7O3S.C28H41N7O.C18H21N5O2S.ClH/c1-25(2)20-40(21-26(3)4)22-28-9-6-7-11-32(28)36-19-33(43)41-17-8-10-29(23-41)39-34-31-16-18-42(35(31)38-24-37-34)46(44,45)30-14-12-27(5)13-15-30;1-20(2)15-34(16-21(3)4)17-22-8-5-6-10-25(22)30-14-26(36)35-13-7-9-23(18-35)33-28-24-11-12-29-27(24)31-19-32-28;1-13-4-6-15(7-5-13)26(24,25)23-10-8-16-17(20-12-21-18(16)23)22-14-3-2-9-19-11-14;/h6-7,9,11-16,18,24-26,29,36H,8,10,17,19-23H2,1-5H3,(H,37,38,39);5-6,8,10-12,19-21,23,30H,7,9,13-18H2,1-4H3,(H2,29,31,32,33);4-8,10,12,14,19H,2-3,9,11H2,1H3,(H,20,21,22);1H/t29-;23-;14-;/m000./s1. The number of hydrogen-bond acceptors (Lipinski definition) is 20. The van der Waals surface area contributed by atoms with Gasteiger partial charge in [-0.15, -0.1) is 12.4 Å². The molecule has 3 aliphatic heterocycles. The van der Waals surface area contributed by atoms with Gasteiger partial charge in [-0.2, -0.15) is 0 Å². The Morgan fingerprint density at radius 2 is 0.899 bits per heavy atom. The molecule has 10 aromatic rings. The number of benzene rings is 4. The number of para-hydroxylation sites is 2. The lowest BCUT2D eigenvalue weighted by atomic mass is 10.1. The number of likely N-dealkylation sites (tertiary alicyclic amines) is 2. The highest BCUT2D eigenvalue weighted by molar-refractivity contribution is 7.90. The third-order valence-electron chi connectivity index (χ3n) is 19.4. The summed E-state index contributed by atoms with van der Waals surface area (Å²) in [6.07, 6.45) is 15.2. The van der Waals surface area contributed by atoms with Gasteiger partial charge in [-0.1, -0.05) is 127 Å². The Kier molecular flexibility index (Phi) is 29.0. The summed E-state index contributed by atoms with van der Waals surface area (Å²) in [5.74, 6) is 4.60. The van der Waals surface area contributed by atoms with Crippen molar-refractivity contribution in [3.05, 3.63) is 175 Å². The van der Waals surface area contributed by atoms with Crippen molar-refractivity contribution in [1.82, 2.24) is 67.7 Å². The molecule has 584 valence electrons. The van der Waals surface area contributed by atoms with Crippen molar-refractivity contribution in [3.8, 4) is 0 Å². The van der Waals surface area contributed by atoms with Crippen molar-refractivity contribution >= 4 is 106 Å². The van der Waals surface area contributed by atoms with E-state index >= 15 is 0 Å². The molecular formula is C81H110ClN19O6S2. The van der Waals surface area contributed by atoms with E-state index < -0.39 is 20.0 Å². The fourth-order valence-corrected chi connectivity index (χ4v) is 17.1. The fraction of sp³-hybridized carbons (Fsp3) is 0.457. The lowest BCUT2D eigenvalue weighted by Gasteiger charge is -2.34. The van der Waals surface area contributed by atoms with Crippen LogP contribution in [0.3, 0.4) is 0 Å². The number of hydrogen-bond donors (Lipinski definition) is 7. The van der Waals surface area contributed by atoms with Crippen LogP contribution in [-0.2, 0) is 42.7 Å². The molecule has 0 spiro atoms. The van der Waals surface area contributed by atoms with Crippen molar-refractivity contribution in [3.63, 3.8) is 0 Å². The quantitative estimate of drug-likeness (QED) is 0.0240. The number of amides is 2. The van der Waals surface area contributed by atoms with Crippen LogP contribution in [0.1, 0.15) is 116 Å². The van der Waals surface area contributed by atoms with Gasteiger partial charge in [-0.05, 0) is 148 Å². The third-order valence-corrected chi connectivity index (χ3v) is 22.8. The fourth-order valence-electron chi connectivity index (χ4n) is 14.5. The van der Waals surface area contributed by atoms with Crippen LogP contribution >= 0.6 is 12.4 Å². The number of nitrogens with one attached hydrogen (secondary N) is 7. The van der Waals surface area contributed by atoms with Gasteiger partial charge < -0.3 is 46.7 Å². The summed E-state index contributed by atoms with van der Waals surface area (Å²) >= 11 is 0. The lowest BCUT2D eigenvalue weighted by Crippen LogP contribution is -2.47. The molecule has 13 rings (SSSR count). The van der Waals surface area contributed by atoms with Crippen molar-refractivity contribution in [2.24, 2.45) is 23.7 Å². The minimum Gasteiger partial charge on any atom is -0.376 e. The SMILES string of the molecule is CC(C)CN(Cc1ccccc1NCC(=O)N1CCC[C@H](Nc2ncnc3[nH]ccc23)C1)CC(C)C.Cc1ccc(S(=O)(=O)n2ccc3c(N[C@H]4CCCN(C(=O)CNc5ccccc5CN(CC(C)C)CC(C)C)C4)ncnc32)cc1.Cc1ccc(S(=O)(=O)n2ccc3c(N[C@H]4CCCNC4)ncnc32)cc1.Cl. The first-order valence-corrected chi connectivity index (χ1v) is 41.0. The number of aromatic amines is 1. The van der Waals surface area contributed by atoms with Crippen LogP contribution in [0.25, 0.3) is 33.1 Å². The smallest absolute Gasteiger partial charge is 0.269 e. The van der Waals surface area contributed by atoms with Gasteiger partial charge in [0.2, 0.25) is 11.8 Å². The van der Waals surface area contributed by atoms with E-state index in [1.807, 2.05) is 48.0 Å². The van der Waals surface area contributed by atoms with E-state index in [9.17, 15) is 26.4 Å². The van der Waals surface area contributed by atoms with Crippen LogP contribution in [0.5, 0.6) is 0 Å². The van der Waals surface area contributed by atoms with Crippen LogP contribution < -0.4 is 31.9 Å². The maximum absolute atomic E-state index is 13.4. The number of carbonyl (C=O) groups is 2. The molecule has 3 saturated heterocycles. The second-order valence-electron chi connectivity index (χ2n) is 30.6. The normalized spacial score (nSPS) is 16.3. The number of halogens is 1. The average Bonchev–Trinajstić information content (AvgIpc) is 1.65. The van der Waals surface area contributed by atoms with Crippen LogP contribution in [0.2, 0.25) is 0 Å². The summed E-state index contributed by atoms with van der Waals surface area (Å²) in [7, 11) is -7.53. The largest absolute Gasteiger partial charge is 0.376 e. The summed E-state index contributed by atoms with van der Waals surface area (Å²) in [4.78, 5) is 65.0. The van der Waals surface area contributed by atoms with Crippen molar-refractivity contribution in [2.45, 2.75) is 149 Å². The van der Waals surface area contributed by atoms with Gasteiger partial charge in [0.15, 0.2) is 11.3 Å². The van der Waals surface area contributed by atoms with E-state index in [4.69, 9.17) is 0 Å². The molecule has 9 heterocycles. The highest BCUT2D eigenvalue weighted by Gasteiger charge is 2.29. The maximum Gasteiger partial charge on any atom is 0.269 e. The predicted octanol–water partition coefficient (Wildman–Crippen LogP) is 12.8. The van der Waals surface area contributed by atoms with Crippen LogP contribution in [0.15, 0.2) is 163 Å². The second-order valence-corrected chi connectivity index (χ2v) is 34.2. The minimum atomic E-state index is -3.82. The topological polar surface area (TPSA) is 291 Å². The van der Waals surface area contributed by atoms with Gasteiger partial charge in [0.25, 0.3) is 20.0 Å². The molecule has 0 unspecified atom stereocenters. The van der Waals surface area contributed by atoms with E-state index in [2.05, 4.69) is 168 Å². The number of aromatic nitrogens is 9. The Bertz CT molecular complexity index is 4810. The first-order valence-electron chi connectivity index (χ1n) is 38.2. The van der Waals surface area contributed by atoms with Crippen LogP contribution in [0, 0.1) is 37.5 Å². The molecule has 6 aromatic heterocycles. The maximum atomic E-state index is 13.4. The molecule has 3 fully saturated rings. The zero-order valence-electron chi connectivity index (χ0n) is 64.7. The molecule has 0 aliphatic carbocycles. The molecule has 109 heavy (non-hydrogen) atoms. The first kappa shape index (κ1) is 82.2. The summed E-state index contributed by atoms with van der Waals surface area (Å²) in [6.45, 7) is 32.9. The minimum absolute atomic E-state index is 0. The van der Waals surface area contributed by atoms with E-state index in [1.54, 1.807) is 73.2 Å². The molecule has 3 atom stereocenters. The lowest BCUT2D eigenvalue weighted by molar-refractivity contribution is -0.131. The van der Waals surface area contributed by atoms with Crippen molar-refractivity contribution in [2.75, 3.05) is 105 Å². The first-order chi connectivity index (χ1) is 51.9. The van der Waals surface area contributed by atoms with Gasteiger partial charge in [0.05, 0.1) is 39.0 Å². The Balaban J connectivity index is 0.000000180. The molecule has 28 heteroatoms. The van der Waals surface area contributed by atoms with Gasteiger partial charge in [0, 0.05) is 120 Å². The zero-order valence-corrected chi connectivity index (χ0v) is 67.1. The number of fused-ring (bicyclic) bond motifs is 3. The average molecular weight is 1550 g/mol. The number of piperidine rings is 3. The summed E-state index contributed by atoms with van der Waals surface area (Å²) in [5, 5.41) is 22.9. The van der Waals surface area contributed by atoms with E-state index in [1.165, 1.54) is 37.9 Å². The van der Waals surface area contributed by atoms with Crippen molar-refractivity contribution < 1.29 is 26.4 Å². The molecule has 0 bridgehead atoms. The summed E-state index contributed by atoms with van der Waals surface area (Å²) in [6, 6.07) is 36.1. The Labute approximate surface area is 649 Å². The van der Waals surface area contributed by atoms with E-state index in [-0.39, 0.29) is 58.7 Å². The molecule has 4 aromatic carbocycles. The number of nitrogens with zero attached hydrogens (tertiary/aromatic N) is 12. The molecule has 7 N–H and O–H groups in total. The van der Waals surface area contributed by atoms with Crippen LogP contribution in [0.4, 0.5) is 28.8 Å². The number of H-pyrrole nitrogens is 1. The number of anilines is 5.